The average molecular weight is 379 g/mol. The topological polar surface area (TPSA) is 101 Å². The summed E-state index contributed by atoms with van der Waals surface area (Å²) in [6, 6.07) is 3.84. The van der Waals surface area contributed by atoms with E-state index in [-0.39, 0.29) is 33.9 Å². The minimum absolute atomic E-state index is 0.00298. The summed E-state index contributed by atoms with van der Waals surface area (Å²) in [5, 5.41) is 0. The van der Waals surface area contributed by atoms with Gasteiger partial charge in [0.1, 0.15) is 4.90 Å². The Kier molecular flexibility index (Phi) is 4.83. The fraction of sp³-hybridized carbons (Fsp3) is 0.556. The zero-order chi connectivity index (χ0) is 19.2. The van der Waals surface area contributed by atoms with Gasteiger partial charge >= 0.3 is 0 Å². The number of hydrogen-bond donors (Lipinski definition) is 1. The van der Waals surface area contributed by atoms with Crippen LogP contribution in [0, 0.1) is 5.92 Å². The van der Waals surface area contributed by atoms with Crippen molar-refractivity contribution in [1.82, 2.24) is 9.21 Å². The molecule has 26 heavy (non-hydrogen) atoms. The molecular weight excluding hydrogens is 354 g/mol. The number of likely N-dealkylation sites (tertiary alicyclic amines) is 1. The molecule has 7 nitrogen and oxygen atoms in total. The third-order valence-corrected chi connectivity index (χ3v) is 7.15. The molecule has 2 amide bonds. The van der Waals surface area contributed by atoms with E-state index < -0.39 is 22.0 Å². The molecule has 0 bridgehead atoms. The molecule has 0 aliphatic carbocycles. The Labute approximate surface area is 154 Å². The molecule has 8 heteroatoms. The number of sulfonamides is 1. The SMILES string of the molecule is CC(N)C1CCCN(C(=O)c2ccc3c(c2)S(=O)(=O)N(C(C)C)C3=O)C1. The lowest BCUT2D eigenvalue weighted by atomic mass is 9.92. The van der Waals surface area contributed by atoms with E-state index in [0.717, 1.165) is 17.1 Å². The molecule has 2 N–H and O–H groups in total. The van der Waals surface area contributed by atoms with E-state index in [1.54, 1.807) is 18.7 Å². The highest BCUT2D eigenvalue weighted by Gasteiger charge is 2.43. The highest BCUT2D eigenvalue weighted by atomic mass is 32.2. The minimum atomic E-state index is -3.91. The molecule has 2 aliphatic rings. The standard InChI is InChI=1S/C18H25N3O4S/c1-11(2)21-18(23)15-7-6-13(9-16(15)26(21,24)25)17(22)20-8-4-5-14(10-20)12(3)19/h6-7,9,11-12,14H,4-5,8,10,19H2,1-3H3. The lowest BCUT2D eigenvalue weighted by molar-refractivity contribution is 0.0660. The number of carbonyl (C=O) groups is 2. The van der Waals surface area contributed by atoms with Gasteiger partial charge in [-0.2, -0.15) is 0 Å². The number of hydrogen-bond acceptors (Lipinski definition) is 5. The van der Waals surface area contributed by atoms with Crippen LogP contribution in [0.15, 0.2) is 23.1 Å². The molecule has 0 aromatic heterocycles. The maximum absolute atomic E-state index is 12.9. The minimum Gasteiger partial charge on any atom is -0.338 e. The largest absolute Gasteiger partial charge is 0.338 e. The average Bonchev–Trinajstić information content (AvgIpc) is 2.80. The summed E-state index contributed by atoms with van der Waals surface area (Å²) in [6.45, 7) is 6.43. The van der Waals surface area contributed by atoms with Crippen LogP contribution >= 0.6 is 0 Å². The van der Waals surface area contributed by atoms with Gasteiger partial charge in [-0.05, 0) is 57.7 Å². The fourth-order valence-electron chi connectivity index (χ4n) is 3.70. The van der Waals surface area contributed by atoms with Gasteiger partial charge in [0, 0.05) is 30.7 Å². The lowest BCUT2D eigenvalue weighted by Crippen LogP contribution is -2.45. The first-order chi connectivity index (χ1) is 12.1. The Morgan fingerprint density at radius 1 is 1.27 bits per heavy atom. The van der Waals surface area contributed by atoms with Crippen LogP contribution in [0.5, 0.6) is 0 Å². The van der Waals surface area contributed by atoms with Gasteiger partial charge in [0.25, 0.3) is 21.8 Å². The summed E-state index contributed by atoms with van der Waals surface area (Å²) < 4.78 is 26.3. The second-order valence-electron chi connectivity index (χ2n) is 7.42. The van der Waals surface area contributed by atoms with Gasteiger partial charge in [-0.15, -0.1) is 0 Å². The highest BCUT2D eigenvalue weighted by Crippen LogP contribution is 2.33. The number of amides is 2. The van der Waals surface area contributed by atoms with Gasteiger partial charge in [-0.1, -0.05) is 0 Å². The van der Waals surface area contributed by atoms with E-state index in [0.29, 0.717) is 13.1 Å². The van der Waals surface area contributed by atoms with Gasteiger partial charge in [0.05, 0.1) is 5.56 Å². The van der Waals surface area contributed by atoms with Crippen LogP contribution < -0.4 is 5.73 Å². The Balaban J connectivity index is 1.92. The van der Waals surface area contributed by atoms with E-state index in [4.69, 9.17) is 5.73 Å². The summed E-state index contributed by atoms with van der Waals surface area (Å²) in [5.41, 5.74) is 6.39. The molecule has 142 valence electrons. The summed E-state index contributed by atoms with van der Waals surface area (Å²) in [4.78, 5) is 26.9. The van der Waals surface area contributed by atoms with Crippen molar-refractivity contribution in [2.75, 3.05) is 13.1 Å². The number of fused-ring (bicyclic) bond motifs is 1. The molecule has 2 aliphatic heterocycles. The van der Waals surface area contributed by atoms with E-state index in [2.05, 4.69) is 0 Å². The smallest absolute Gasteiger partial charge is 0.269 e. The molecule has 1 fully saturated rings. The van der Waals surface area contributed by atoms with Crippen molar-refractivity contribution >= 4 is 21.8 Å². The van der Waals surface area contributed by atoms with E-state index in [1.807, 2.05) is 6.92 Å². The second-order valence-corrected chi connectivity index (χ2v) is 9.21. The van der Waals surface area contributed by atoms with Crippen LogP contribution in [0.3, 0.4) is 0 Å². The lowest BCUT2D eigenvalue weighted by Gasteiger charge is -2.34. The number of carbonyl (C=O) groups excluding carboxylic acids is 2. The first kappa shape index (κ1) is 18.8. The Hall–Kier alpha value is -1.93. The molecule has 1 aromatic rings. The zero-order valence-corrected chi connectivity index (χ0v) is 16.1. The number of nitrogens with two attached hydrogens (primary N) is 1. The summed E-state index contributed by atoms with van der Waals surface area (Å²) in [7, 11) is -3.91. The Morgan fingerprint density at radius 2 is 1.96 bits per heavy atom. The predicted octanol–water partition coefficient (Wildman–Crippen LogP) is 1.44. The Bertz CT molecular complexity index is 848. The number of rotatable bonds is 3. The second kappa shape index (κ2) is 6.66. The number of benzene rings is 1. The Morgan fingerprint density at radius 3 is 2.58 bits per heavy atom. The first-order valence-corrected chi connectivity index (χ1v) is 10.4. The molecular formula is C18H25N3O4S. The van der Waals surface area contributed by atoms with Gasteiger partial charge in [-0.3, -0.25) is 9.59 Å². The molecule has 0 spiro atoms. The maximum atomic E-state index is 12.9. The monoisotopic (exact) mass is 379 g/mol. The maximum Gasteiger partial charge on any atom is 0.269 e. The molecule has 3 rings (SSSR count). The van der Waals surface area contributed by atoms with Gasteiger partial charge in [0.15, 0.2) is 0 Å². The van der Waals surface area contributed by atoms with Crippen LogP contribution in [0.2, 0.25) is 0 Å². The summed E-state index contributed by atoms with van der Waals surface area (Å²) in [6.07, 6.45) is 1.86. The van der Waals surface area contributed by atoms with E-state index in [9.17, 15) is 18.0 Å². The van der Waals surface area contributed by atoms with E-state index in [1.165, 1.54) is 18.2 Å². The molecule has 2 heterocycles. The molecule has 1 aromatic carbocycles. The van der Waals surface area contributed by atoms with Crippen molar-refractivity contribution in [3.8, 4) is 0 Å². The normalized spacial score (nSPS) is 23.3. The van der Waals surface area contributed by atoms with Gasteiger partial charge in [0.2, 0.25) is 0 Å². The number of piperidine rings is 1. The quantitative estimate of drug-likeness (QED) is 0.856. The van der Waals surface area contributed by atoms with Gasteiger partial charge in [-0.25, -0.2) is 12.7 Å². The van der Waals surface area contributed by atoms with Crippen LogP contribution in [0.25, 0.3) is 0 Å². The molecule has 0 saturated carbocycles. The van der Waals surface area contributed by atoms with Crippen molar-refractivity contribution in [2.45, 2.75) is 50.6 Å². The van der Waals surface area contributed by atoms with Crippen molar-refractivity contribution in [2.24, 2.45) is 11.7 Å². The molecule has 1 saturated heterocycles. The van der Waals surface area contributed by atoms with Crippen molar-refractivity contribution in [3.05, 3.63) is 29.3 Å². The van der Waals surface area contributed by atoms with Crippen LogP contribution in [-0.4, -0.2) is 54.6 Å². The molecule has 2 unspecified atom stereocenters. The zero-order valence-electron chi connectivity index (χ0n) is 15.3. The molecule has 2 atom stereocenters. The van der Waals surface area contributed by atoms with Crippen molar-refractivity contribution < 1.29 is 18.0 Å². The van der Waals surface area contributed by atoms with Crippen molar-refractivity contribution in [1.29, 1.82) is 0 Å². The third-order valence-electron chi connectivity index (χ3n) is 5.15. The van der Waals surface area contributed by atoms with Crippen LogP contribution in [0.1, 0.15) is 54.3 Å². The fourth-order valence-corrected chi connectivity index (χ4v) is 5.49. The first-order valence-electron chi connectivity index (χ1n) is 8.92. The highest BCUT2D eigenvalue weighted by molar-refractivity contribution is 7.90. The van der Waals surface area contributed by atoms with Gasteiger partial charge < -0.3 is 10.6 Å². The molecule has 0 radical (unpaired) electrons. The van der Waals surface area contributed by atoms with Crippen LogP contribution in [0.4, 0.5) is 0 Å². The van der Waals surface area contributed by atoms with Crippen molar-refractivity contribution in [3.63, 3.8) is 0 Å². The summed E-state index contributed by atoms with van der Waals surface area (Å²) in [5.74, 6) is -0.517. The van der Waals surface area contributed by atoms with Crippen LogP contribution in [-0.2, 0) is 10.0 Å². The summed E-state index contributed by atoms with van der Waals surface area (Å²) >= 11 is 0. The number of nitrogens with zero attached hydrogens (tertiary/aromatic N) is 2. The van der Waals surface area contributed by atoms with E-state index >= 15 is 0 Å². The predicted molar refractivity (Wildman–Crippen MR) is 97.2 cm³/mol. The third kappa shape index (κ3) is 3.01.